The number of nitrogens with two attached hydrogens (primary N) is 1. The van der Waals surface area contributed by atoms with Gasteiger partial charge in [0.2, 0.25) is 11.8 Å². The van der Waals surface area contributed by atoms with E-state index in [1.807, 2.05) is 13.8 Å². The second kappa shape index (κ2) is 11.2. The summed E-state index contributed by atoms with van der Waals surface area (Å²) < 4.78 is 0. The number of nitrogens with one attached hydrogen (secondary N) is 2. The molecule has 0 bridgehead atoms. The molecule has 3 atom stereocenters. The third-order valence-electron chi connectivity index (χ3n) is 3.90. The largest absolute Gasteiger partial charge is 0.343 e. The fourth-order valence-corrected chi connectivity index (χ4v) is 2.30. The summed E-state index contributed by atoms with van der Waals surface area (Å²) in [4.78, 5) is 26.4. The van der Waals surface area contributed by atoms with E-state index in [-0.39, 0.29) is 23.8 Å². The fraction of sp³-hybridized carbons (Fsp3) is 0.750. The van der Waals surface area contributed by atoms with Crippen molar-refractivity contribution in [2.45, 2.75) is 45.2 Å². The fourth-order valence-electron chi connectivity index (χ4n) is 2.30. The number of carbonyl (C=O) groups is 2. The van der Waals surface area contributed by atoms with Crippen LogP contribution in [0.4, 0.5) is 0 Å². The van der Waals surface area contributed by atoms with Gasteiger partial charge in [0, 0.05) is 13.6 Å². The highest BCUT2D eigenvalue weighted by atomic mass is 16.2. The molecule has 128 valence electrons. The minimum absolute atomic E-state index is 0.110. The van der Waals surface area contributed by atoms with Crippen molar-refractivity contribution in [1.29, 1.82) is 0 Å². The zero-order valence-corrected chi connectivity index (χ0v) is 14.4. The predicted octanol–water partition coefficient (Wildman–Crippen LogP) is 0.489. The Morgan fingerprint density at radius 2 is 2.05 bits per heavy atom. The van der Waals surface area contributed by atoms with Gasteiger partial charge in [0.05, 0.1) is 6.04 Å². The summed E-state index contributed by atoms with van der Waals surface area (Å²) in [5, 5.41) is 5.90. The Morgan fingerprint density at radius 1 is 1.41 bits per heavy atom. The van der Waals surface area contributed by atoms with Crippen LogP contribution >= 0.6 is 0 Å². The molecule has 4 N–H and O–H groups in total. The van der Waals surface area contributed by atoms with Gasteiger partial charge in [0.25, 0.3) is 0 Å². The van der Waals surface area contributed by atoms with Crippen LogP contribution in [0.25, 0.3) is 0 Å². The Labute approximate surface area is 134 Å². The third kappa shape index (κ3) is 6.58. The number of hydrogen-bond donors (Lipinski definition) is 3. The van der Waals surface area contributed by atoms with Gasteiger partial charge in [-0.1, -0.05) is 26.3 Å². The summed E-state index contributed by atoms with van der Waals surface area (Å²) >= 11 is 0. The Morgan fingerprint density at radius 3 is 2.50 bits per heavy atom. The predicted molar refractivity (Wildman–Crippen MR) is 90.4 cm³/mol. The molecule has 0 saturated carbocycles. The quantitative estimate of drug-likeness (QED) is 0.485. The van der Waals surface area contributed by atoms with Crippen LogP contribution in [0.2, 0.25) is 0 Å². The van der Waals surface area contributed by atoms with Gasteiger partial charge < -0.3 is 21.3 Å². The van der Waals surface area contributed by atoms with Gasteiger partial charge in [-0.3, -0.25) is 9.59 Å². The van der Waals surface area contributed by atoms with Crippen molar-refractivity contribution in [3.8, 4) is 0 Å². The first-order valence-electron chi connectivity index (χ1n) is 7.96. The van der Waals surface area contributed by atoms with Gasteiger partial charge in [-0.2, -0.15) is 0 Å². The molecule has 0 aliphatic carbocycles. The Hall–Kier alpha value is -1.40. The minimum atomic E-state index is -0.541. The van der Waals surface area contributed by atoms with Gasteiger partial charge in [-0.25, -0.2) is 0 Å². The lowest BCUT2D eigenvalue weighted by Gasteiger charge is -2.27. The highest BCUT2D eigenvalue weighted by molar-refractivity contribution is 5.89. The van der Waals surface area contributed by atoms with Gasteiger partial charge in [-0.15, -0.1) is 6.58 Å². The second-order valence-corrected chi connectivity index (χ2v) is 5.65. The Balaban J connectivity index is 4.92. The summed E-state index contributed by atoms with van der Waals surface area (Å²) in [5.74, 6) is -0.0545. The number of rotatable bonds is 11. The van der Waals surface area contributed by atoms with Gasteiger partial charge in [0.1, 0.15) is 6.04 Å². The molecular formula is C16H32N4O2. The van der Waals surface area contributed by atoms with Crippen molar-refractivity contribution < 1.29 is 9.59 Å². The minimum Gasteiger partial charge on any atom is -0.343 e. The Kier molecular flexibility index (Phi) is 10.5. The molecule has 3 unspecified atom stereocenters. The summed E-state index contributed by atoms with van der Waals surface area (Å²) in [6, 6.07) is -0.844. The zero-order chi connectivity index (χ0) is 17.1. The van der Waals surface area contributed by atoms with Gasteiger partial charge in [0.15, 0.2) is 0 Å². The monoisotopic (exact) mass is 312 g/mol. The van der Waals surface area contributed by atoms with Crippen molar-refractivity contribution in [2.75, 3.05) is 27.2 Å². The Bertz CT molecular complexity index is 360. The molecular weight excluding hydrogens is 280 g/mol. The summed E-state index contributed by atoms with van der Waals surface area (Å²) in [6.07, 6.45) is 3.78. The standard InChI is InChI=1S/C16H32N4O2/c1-6-11-20(5)16(22)13(9-8-10-17)19-15(21)14(18-4)12(3)7-2/h6,12-14,18H,1,7-11,17H2,2-5H3,(H,19,21). The number of hydrogen-bond acceptors (Lipinski definition) is 4. The van der Waals surface area contributed by atoms with E-state index < -0.39 is 6.04 Å². The second-order valence-electron chi connectivity index (χ2n) is 5.65. The van der Waals surface area contributed by atoms with E-state index in [0.717, 1.165) is 6.42 Å². The molecule has 0 rings (SSSR count). The maximum atomic E-state index is 12.4. The number of amides is 2. The summed E-state index contributed by atoms with van der Waals surface area (Å²) in [6.45, 7) is 8.63. The maximum absolute atomic E-state index is 12.4. The van der Waals surface area contributed by atoms with Crippen LogP contribution in [0.1, 0.15) is 33.1 Å². The van der Waals surface area contributed by atoms with Crippen LogP contribution in [0, 0.1) is 5.92 Å². The highest BCUT2D eigenvalue weighted by Gasteiger charge is 2.28. The number of carbonyl (C=O) groups excluding carboxylic acids is 2. The van der Waals surface area contributed by atoms with Crippen LogP contribution < -0.4 is 16.4 Å². The van der Waals surface area contributed by atoms with E-state index in [4.69, 9.17) is 5.73 Å². The maximum Gasteiger partial charge on any atom is 0.245 e. The third-order valence-corrected chi connectivity index (χ3v) is 3.90. The molecule has 22 heavy (non-hydrogen) atoms. The van der Waals surface area contributed by atoms with E-state index in [2.05, 4.69) is 17.2 Å². The van der Waals surface area contributed by atoms with E-state index in [9.17, 15) is 9.59 Å². The summed E-state index contributed by atoms with van der Waals surface area (Å²) in [7, 11) is 3.47. The van der Waals surface area contributed by atoms with E-state index in [0.29, 0.717) is 25.9 Å². The van der Waals surface area contributed by atoms with Crippen LogP contribution in [0.3, 0.4) is 0 Å². The molecule has 0 aromatic rings. The zero-order valence-electron chi connectivity index (χ0n) is 14.4. The molecule has 0 spiro atoms. The average molecular weight is 312 g/mol. The lowest BCUT2D eigenvalue weighted by Crippen LogP contribution is -2.54. The van der Waals surface area contributed by atoms with Crippen molar-refractivity contribution in [2.24, 2.45) is 11.7 Å². The van der Waals surface area contributed by atoms with Crippen LogP contribution in [0.15, 0.2) is 12.7 Å². The van der Waals surface area contributed by atoms with Gasteiger partial charge in [-0.05, 0) is 32.4 Å². The topological polar surface area (TPSA) is 87.5 Å². The molecule has 2 amide bonds. The first kappa shape index (κ1) is 20.6. The molecule has 0 aromatic heterocycles. The van der Waals surface area contributed by atoms with E-state index in [1.54, 1.807) is 25.1 Å². The lowest BCUT2D eigenvalue weighted by molar-refractivity contribution is -0.136. The molecule has 0 saturated heterocycles. The van der Waals surface area contributed by atoms with Crippen molar-refractivity contribution in [3.05, 3.63) is 12.7 Å². The molecule has 0 fully saturated rings. The van der Waals surface area contributed by atoms with Crippen molar-refractivity contribution in [1.82, 2.24) is 15.5 Å². The van der Waals surface area contributed by atoms with Crippen molar-refractivity contribution in [3.63, 3.8) is 0 Å². The summed E-state index contributed by atoms with van der Waals surface area (Å²) in [5.41, 5.74) is 5.53. The van der Waals surface area contributed by atoms with E-state index >= 15 is 0 Å². The molecule has 6 nitrogen and oxygen atoms in total. The van der Waals surface area contributed by atoms with Crippen molar-refractivity contribution >= 4 is 11.8 Å². The smallest absolute Gasteiger partial charge is 0.245 e. The molecule has 0 aliphatic heterocycles. The molecule has 0 aromatic carbocycles. The average Bonchev–Trinajstić information content (AvgIpc) is 2.51. The number of nitrogens with zero attached hydrogens (tertiary/aromatic N) is 1. The molecule has 0 aliphatic rings. The number of likely N-dealkylation sites (N-methyl/N-ethyl adjacent to an activating group) is 2. The lowest BCUT2D eigenvalue weighted by atomic mass is 9.98. The van der Waals surface area contributed by atoms with Gasteiger partial charge >= 0.3 is 0 Å². The molecule has 6 heteroatoms. The first-order chi connectivity index (χ1) is 10.4. The van der Waals surface area contributed by atoms with Crippen LogP contribution in [-0.2, 0) is 9.59 Å². The van der Waals surface area contributed by atoms with E-state index in [1.165, 1.54) is 0 Å². The normalized spacial score (nSPS) is 14.8. The highest BCUT2D eigenvalue weighted by Crippen LogP contribution is 2.09. The SMILES string of the molecule is C=CCN(C)C(=O)C(CCCN)NC(=O)C(NC)C(C)CC. The molecule has 0 heterocycles. The molecule has 0 radical (unpaired) electrons. The van der Waals surface area contributed by atoms with Crippen LogP contribution in [-0.4, -0.2) is 56.0 Å². The van der Waals surface area contributed by atoms with Crippen LogP contribution in [0.5, 0.6) is 0 Å². The first-order valence-corrected chi connectivity index (χ1v) is 7.96.